The maximum absolute atomic E-state index is 8.66. The average Bonchev–Trinajstić information content (AvgIpc) is 1.65. The van der Waals surface area contributed by atoms with Gasteiger partial charge in [-0.1, -0.05) is 47.8 Å². The highest BCUT2D eigenvalue weighted by Crippen LogP contribution is 2.12. The van der Waals surface area contributed by atoms with Crippen molar-refractivity contribution >= 4 is 47.8 Å². The van der Waals surface area contributed by atoms with E-state index in [4.69, 9.17) is 5.11 Å². The van der Waals surface area contributed by atoms with Gasteiger partial charge in [0.25, 0.3) is 0 Å². The van der Waals surface area contributed by atoms with E-state index in [1.54, 1.807) is 0 Å². The van der Waals surface area contributed by atoms with Crippen molar-refractivity contribution in [3.05, 3.63) is 0 Å². The van der Waals surface area contributed by atoms with Gasteiger partial charge in [-0.3, -0.25) is 0 Å². The van der Waals surface area contributed by atoms with Crippen LogP contribution in [-0.2, 0) is 0 Å². The Bertz CT molecular complexity index is 47.4. The molecule has 0 spiro atoms. The van der Waals surface area contributed by atoms with E-state index < -0.39 is 5.01 Å². The normalized spacial score (nSPS) is 18.9. The zero-order valence-corrected chi connectivity index (χ0v) is 8.20. The molecule has 0 aromatic heterocycles. The highest BCUT2D eigenvalue weighted by atomic mass is 79.9. The third kappa shape index (κ3) is 3.94. The fourth-order valence-electron chi connectivity index (χ4n) is 0.0735. The van der Waals surface area contributed by atoms with Crippen LogP contribution in [0.2, 0.25) is 0 Å². The van der Waals surface area contributed by atoms with Crippen LogP contribution < -0.4 is 0 Å². The summed E-state index contributed by atoms with van der Waals surface area (Å²) >= 11 is 9.35. The van der Waals surface area contributed by atoms with Crippen LogP contribution in [0, 0.1) is 0 Å². The lowest BCUT2D eigenvalue weighted by Crippen LogP contribution is -2.13. The second-order valence-electron chi connectivity index (χ2n) is 1.04. The van der Waals surface area contributed by atoms with Crippen LogP contribution in [0.1, 0.15) is 0 Å². The molecule has 1 N–H and O–H groups in total. The van der Waals surface area contributed by atoms with E-state index in [9.17, 15) is 0 Å². The Hall–Kier alpha value is 1.40. The van der Waals surface area contributed by atoms with E-state index in [2.05, 4.69) is 47.8 Å². The molecular formula is C3H5Br3O. The first kappa shape index (κ1) is 8.40. The van der Waals surface area contributed by atoms with Gasteiger partial charge in [0, 0.05) is 5.33 Å². The van der Waals surface area contributed by atoms with Gasteiger partial charge in [-0.25, -0.2) is 0 Å². The summed E-state index contributed by atoms with van der Waals surface area (Å²) < 4.78 is 0. The first-order chi connectivity index (χ1) is 3.18. The van der Waals surface area contributed by atoms with Crippen LogP contribution >= 0.6 is 47.8 Å². The minimum atomic E-state index is -0.452. The highest BCUT2D eigenvalue weighted by molar-refractivity contribution is 9.13. The summed E-state index contributed by atoms with van der Waals surface area (Å²) in [5, 5.41) is 8.96. The first-order valence-electron chi connectivity index (χ1n) is 1.70. The topological polar surface area (TPSA) is 20.2 Å². The number of hydrogen-bond donors (Lipinski definition) is 1. The number of aliphatic hydroxyl groups excluding tert-OH is 1. The molecule has 1 nitrogen and oxygen atoms in total. The van der Waals surface area contributed by atoms with Gasteiger partial charge >= 0.3 is 0 Å². The fraction of sp³-hybridized carbons (Fsp3) is 1.00. The Labute approximate surface area is 67.9 Å². The molecule has 0 bridgehead atoms. The van der Waals surface area contributed by atoms with Crippen molar-refractivity contribution < 1.29 is 5.11 Å². The molecule has 0 rings (SSSR count). The lowest BCUT2D eigenvalue weighted by atomic mass is 10.5. The van der Waals surface area contributed by atoms with Crippen LogP contribution in [0.5, 0.6) is 0 Å². The van der Waals surface area contributed by atoms with E-state index in [-0.39, 0.29) is 4.83 Å². The number of aliphatic hydroxyl groups is 1. The molecule has 0 heterocycles. The third-order valence-corrected chi connectivity index (χ3v) is 4.18. The first-order valence-corrected chi connectivity index (χ1v) is 4.66. The molecule has 0 aliphatic rings. The Morgan fingerprint density at radius 2 is 1.86 bits per heavy atom. The Morgan fingerprint density at radius 3 is 1.86 bits per heavy atom. The molecular weight excluding hydrogens is 292 g/mol. The summed E-state index contributed by atoms with van der Waals surface area (Å²) in [6, 6.07) is 0. The average molecular weight is 297 g/mol. The molecule has 0 aliphatic heterocycles. The highest BCUT2D eigenvalue weighted by Gasteiger charge is 2.08. The van der Waals surface area contributed by atoms with Crippen molar-refractivity contribution in [2.75, 3.05) is 5.33 Å². The molecule has 0 saturated carbocycles. The van der Waals surface area contributed by atoms with E-state index in [0.29, 0.717) is 0 Å². The quantitative estimate of drug-likeness (QED) is 0.771. The number of alkyl halides is 3. The molecule has 4 heteroatoms. The van der Waals surface area contributed by atoms with Crippen molar-refractivity contribution in [3.63, 3.8) is 0 Å². The predicted molar refractivity (Wildman–Crippen MR) is 41.4 cm³/mol. The van der Waals surface area contributed by atoms with Crippen LogP contribution in [0.4, 0.5) is 0 Å². The van der Waals surface area contributed by atoms with Gasteiger partial charge in [-0.15, -0.1) is 0 Å². The van der Waals surface area contributed by atoms with Crippen LogP contribution in [0.25, 0.3) is 0 Å². The molecule has 44 valence electrons. The van der Waals surface area contributed by atoms with Gasteiger partial charge in [0.1, 0.15) is 5.01 Å². The zero-order valence-electron chi connectivity index (χ0n) is 3.44. The summed E-state index contributed by atoms with van der Waals surface area (Å²) in [5.74, 6) is 0. The Morgan fingerprint density at radius 1 is 1.43 bits per heavy atom. The monoisotopic (exact) mass is 294 g/mol. The summed E-state index contributed by atoms with van der Waals surface area (Å²) in [4.78, 5) is 0.104. The summed E-state index contributed by atoms with van der Waals surface area (Å²) in [6.45, 7) is 0. The molecule has 2 unspecified atom stereocenters. The van der Waals surface area contributed by atoms with Gasteiger partial charge in [0.15, 0.2) is 0 Å². The van der Waals surface area contributed by atoms with Crippen LogP contribution in [-0.4, -0.2) is 20.3 Å². The second kappa shape index (κ2) is 4.30. The summed E-state index contributed by atoms with van der Waals surface area (Å²) in [6.07, 6.45) is 0. The van der Waals surface area contributed by atoms with Gasteiger partial charge in [-0.2, -0.15) is 0 Å². The van der Waals surface area contributed by atoms with Crippen LogP contribution in [0.15, 0.2) is 0 Å². The SMILES string of the molecule is OC(Br)C(Br)CBr. The maximum atomic E-state index is 8.66. The van der Waals surface area contributed by atoms with Gasteiger partial charge in [0.2, 0.25) is 0 Å². The largest absolute Gasteiger partial charge is 0.381 e. The lowest BCUT2D eigenvalue weighted by Gasteiger charge is -2.04. The standard InChI is InChI=1S/C3H5Br3O/c4-1-2(5)3(6)7/h2-3,7H,1H2. The summed E-state index contributed by atoms with van der Waals surface area (Å²) in [5.41, 5.74) is 0. The predicted octanol–water partition coefficient (Wildman–Crippen LogP) is 1.86. The molecule has 0 fully saturated rings. The fourth-order valence-corrected chi connectivity index (χ4v) is 1.12. The molecule has 0 aliphatic carbocycles. The smallest absolute Gasteiger partial charge is 0.122 e. The van der Waals surface area contributed by atoms with E-state index in [1.165, 1.54) is 0 Å². The zero-order chi connectivity index (χ0) is 5.86. The minimum Gasteiger partial charge on any atom is -0.381 e. The van der Waals surface area contributed by atoms with E-state index in [1.807, 2.05) is 0 Å². The second-order valence-corrected chi connectivity index (χ2v) is 3.80. The van der Waals surface area contributed by atoms with Gasteiger partial charge in [-0.05, 0) is 0 Å². The van der Waals surface area contributed by atoms with Crippen LogP contribution in [0.3, 0.4) is 0 Å². The van der Waals surface area contributed by atoms with Crippen molar-refractivity contribution in [2.45, 2.75) is 9.84 Å². The van der Waals surface area contributed by atoms with Crippen molar-refractivity contribution in [1.29, 1.82) is 0 Å². The number of rotatable bonds is 2. The van der Waals surface area contributed by atoms with E-state index >= 15 is 0 Å². The number of halogens is 3. The Balaban J connectivity index is 3.14. The van der Waals surface area contributed by atoms with E-state index in [0.717, 1.165) is 5.33 Å². The Kier molecular flexibility index (Phi) is 5.15. The lowest BCUT2D eigenvalue weighted by molar-refractivity contribution is 0.275. The molecule has 0 saturated heterocycles. The van der Waals surface area contributed by atoms with Crippen molar-refractivity contribution in [1.82, 2.24) is 0 Å². The molecule has 2 atom stereocenters. The molecule has 0 radical (unpaired) electrons. The van der Waals surface area contributed by atoms with Crippen molar-refractivity contribution in [2.24, 2.45) is 0 Å². The molecule has 7 heavy (non-hydrogen) atoms. The molecule has 0 amide bonds. The van der Waals surface area contributed by atoms with Gasteiger partial charge in [0.05, 0.1) is 4.83 Å². The number of hydrogen-bond acceptors (Lipinski definition) is 1. The molecule has 0 aromatic carbocycles. The van der Waals surface area contributed by atoms with Crippen molar-refractivity contribution in [3.8, 4) is 0 Å². The summed E-state index contributed by atoms with van der Waals surface area (Å²) in [7, 11) is 0. The van der Waals surface area contributed by atoms with Gasteiger partial charge < -0.3 is 5.11 Å². The third-order valence-electron chi connectivity index (χ3n) is 0.446. The maximum Gasteiger partial charge on any atom is 0.122 e. The molecule has 0 aromatic rings. The minimum absolute atomic E-state index is 0.104.